The topological polar surface area (TPSA) is 120 Å². The zero-order valence-electron chi connectivity index (χ0n) is 7.51. The highest BCUT2D eigenvalue weighted by molar-refractivity contribution is 7.79. The molecule has 0 aromatic carbocycles. The number of carboxylic acid groups (broad SMARTS) is 1. The fourth-order valence-electron chi connectivity index (χ4n) is 0.387. The van der Waals surface area contributed by atoms with Crippen molar-refractivity contribution in [3.05, 3.63) is 0 Å². The number of hydrogen-bond donors (Lipinski definition) is 0. The molecule has 0 heterocycles. The Balaban J connectivity index is 0. The van der Waals surface area contributed by atoms with Gasteiger partial charge in [-0.1, -0.05) is 0 Å². The summed E-state index contributed by atoms with van der Waals surface area (Å²) >= 11 is 0. The molecule has 0 aromatic heterocycles. The van der Waals surface area contributed by atoms with Crippen LogP contribution in [0.5, 0.6) is 0 Å². The molecular weight excluding hydrogens is 202 g/mol. The van der Waals surface area contributed by atoms with Crippen molar-refractivity contribution in [2.24, 2.45) is 0 Å². The predicted molar refractivity (Wildman–Crippen MR) is 38.4 cm³/mol. The highest BCUT2D eigenvalue weighted by Gasteiger charge is 2.04. The van der Waals surface area contributed by atoms with Gasteiger partial charge < -0.3 is 23.5 Å². The van der Waals surface area contributed by atoms with E-state index >= 15 is 0 Å². The Hall–Kier alpha value is -0.700. The van der Waals surface area contributed by atoms with E-state index in [-0.39, 0.29) is 6.54 Å². The molecule has 80 valence electrons. The molecule has 0 saturated heterocycles. The quantitative estimate of drug-likeness (QED) is 0.275. The predicted octanol–water partition coefficient (Wildman–Crippen LogP) is -2.90. The van der Waals surface area contributed by atoms with Gasteiger partial charge in [-0.3, -0.25) is 8.42 Å². The van der Waals surface area contributed by atoms with E-state index in [1.165, 1.54) is 0 Å². The van der Waals surface area contributed by atoms with E-state index in [1.807, 2.05) is 0 Å². The third-order valence-electron chi connectivity index (χ3n) is 0.603. The van der Waals surface area contributed by atoms with Gasteiger partial charge in [0.25, 0.3) is 0 Å². The average Bonchev–Trinajstić information content (AvgIpc) is 1.47. The summed E-state index contributed by atoms with van der Waals surface area (Å²) in [5.74, 6) is -1.00. The molecule has 0 fully saturated rings. The van der Waals surface area contributed by atoms with Gasteiger partial charge in [-0.15, -0.1) is 0 Å². The molecule has 0 unspecified atom stereocenters. The Morgan fingerprint density at radius 2 is 1.46 bits per heavy atom. The monoisotopic (exact) mass is 213 g/mol. The first kappa shape index (κ1) is 14.8. The first-order chi connectivity index (χ1) is 5.42. The summed E-state index contributed by atoms with van der Waals surface area (Å²) in [4.78, 5) is 9.89. The third kappa shape index (κ3) is 52.9. The van der Waals surface area contributed by atoms with E-state index in [0.717, 1.165) is 0 Å². The van der Waals surface area contributed by atoms with E-state index in [4.69, 9.17) is 17.5 Å². The molecule has 0 amide bonds. The van der Waals surface area contributed by atoms with Crippen LogP contribution in [-0.4, -0.2) is 55.7 Å². The zero-order chi connectivity index (χ0) is 11.3. The molecule has 7 nitrogen and oxygen atoms in total. The standard InChI is InChI=1S/C5H11NO2.H2O4S/c1-6(2,3)4-5(7)8;1-5(2,3)4/h4H2,1-3H3;(H2,1,2,3,4)/p-2. The van der Waals surface area contributed by atoms with E-state index < -0.39 is 16.4 Å². The van der Waals surface area contributed by atoms with E-state index in [1.54, 1.807) is 21.1 Å². The molecule has 0 N–H and O–H groups in total. The lowest BCUT2D eigenvalue weighted by atomic mass is 10.5. The fraction of sp³-hybridized carbons (Fsp3) is 0.800. The van der Waals surface area contributed by atoms with Crippen molar-refractivity contribution in [1.29, 1.82) is 0 Å². The van der Waals surface area contributed by atoms with Crippen molar-refractivity contribution in [3.8, 4) is 0 Å². The SMILES string of the molecule is C[N+](C)(C)CC(=O)[O-].O=S(=O)([O-])[O-]. The summed E-state index contributed by atoms with van der Waals surface area (Å²) in [6.07, 6.45) is 0. The Morgan fingerprint density at radius 1 is 1.23 bits per heavy atom. The van der Waals surface area contributed by atoms with Crippen LogP contribution < -0.4 is 5.11 Å². The van der Waals surface area contributed by atoms with Crippen LogP contribution in [0.2, 0.25) is 0 Å². The van der Waals surface area contributed by atoms with Gasteiger partial charge >= 0.3 is 0 Å². The second-order valence-corrected chi connectivity index (χ2v) is 4.05. The van der Waals surface area contributed by atoms with E-state index in [9.17, 15) is 9.90 Å². The minimum Gasteiger partial charge on any atom is -0.759 e. The molecule has 13 heavy (non-hydrogen) atoms. The van der Waals surface area contributed by atoms with Crippen molar-refractivity contribution < 1.29 is 31.9 Å². The average molecular weight is 213 g/mol. The van der Waals surface area contributed by atoms with Gasteiger partial charge in [0.05, 0.1) is 27.1 Å². The Morgan fingerprint density at radius 3 is 1.46 bits per heavy atom. The van der Waals surface area contributed by atoms with Crippen LogP contribution in [0.3, 0.4) is 0 Å². The van der Waals surface area contributed by atoms with Crippen LogP contribution in [0.4, 0.5) is 0 Å². The molecule has 0 aromatic rings. The number of carbonyl (C=O) groups excluding carboxylic acids is 1. The Bertz CT molecular complexity index is 243. The van der Waals surface area contributed by atoms with Gasteiger partial charge in [-0.25, -0.2) is 0 Å². The Kier molecular flexibility index (Phi) is 5.83. The van der Waals surface area contributed by atoms with Crippen LogP contribution in [0.1, 0.15) is 0 Å². The maximum absolute atomic E-state index is 9.89. The van der Waals surface area contributed by atoms with Gasteiger partial charge in [0.2, 0.25) is 0 Å². The van der Waals surface area contributed by atoms with Gasteiger partial charge in [0, 0.05) is 10.4 Å². The van der Waals surface area contributed by atoms with Crippen molar-refractivity contribution in [2.75, 3.05) is 27.7 Å². The molecule has 0 aliphatic carbocycles. The van der Waals surface area contributed by atoms with Crippen LogP contribution in [0.25, 0.3) is 0 Å². The second-order valence-electron chi connectivity index (χ2n) is 3.23. The summed E-state index contributed by atoms with van der Waals surface area (Å²) in [6.45, 7) is 0.0694. The highest BCUT2D eigenvalue weighted by Crippen LogP contribution is 1.84. The third-order valence-corrected chi connectivity index (χ3v) is 0.603. The van der Waals surface area contributed by atoms with Crippen LogP contribution in [-0.2, 0) is 15.2 Å². The lowest BCUT2D eigenvalue weighted by molar-refractivity contribution is -0.864. The van der Waals surface area contributed by atoms with Crippen LogP contribution in [0, 0.1) is 0 Å². The van der Waals surface area contributed by atoms with Crippen LogP contribution >= 0.6 is 0 Å². The number of rotatable bonds is 2. The lowest BCUT2D eigenvalue weighted by Crippen LogP contribution is -2.45. The second kappa shape index (κ2) is 5.12. The highest BCUT2D eigenvalue weighted by atomic mass is 32.3. The molecule has 0 aliphatic heterocycles. The maximum atomic E-state index is 9.89. The summed E-state index contributed by atoms with van der Waals surface area (Å²) in [5.41, 5.74) is 0. The first-order valence-electron chi connectivity index (χ1n) is 3.09. The van der Waals surface area contributed by atoms with Crippen molar-refractivity contribution >= 4 is 16.4 Å². The molecule has 0 spiro atoms. The molecule has 0 aliphatic rings. The number of quaternary nitrogens is 1. The summed E-state index contributed by atoms with van der Waals surface area (Å²) in [5, 5.41) is 9.89. The van der Waals surface area contributed by atoms with Crippen molar-refractivity contribution in [1.82, 2.24) is 0 Å². The molecule has 0 saturated carbocycles. The summed E-state index contributed by atoms with van der Waals surface area (Å²) in [7, 11) is 0.238. The van der Waals surface area contributed by atoms with E-state index in [0.29, 0.717) is 4.48 Å². The smallest absolute Gasteiger partial charge is 0.118 e. The molecule has 0 radical (unpaired) electrons. The number of carbonyl (C=O) groups is 1. The molecule has 0 rings (SSSR count). The normalized spacial score (nSPS) is 11.5. The number of carboxylic acids is 1. The maximum Gasteiger partial charge on any atom is 0.118 e. The summed E-state index contributed by atoms with van der Waals surface area (Å²) < 4.78 is 34.5. The van der Waals surface area contributed by atoms with Crippen molar-refractivity contribution in [3.63, 3.8) is 0 Å². The number of nitrogens with zero attached hydrogens (tertiary/aromatic N) is 1. The minimum atomic E-state index is -5.17. The molecular formula is C5H11NO6S-2. The fourth-order valence-corrected chi connectivity index (χ4v) is 0.387. The minimum absolute atomic E-state index is 0.0694. The van der Waals surface area contributed by atoms with Crippen LogP contribution in [0.15, 0.2) is 0 Å². The molecule has 0 atom stereocenters. The van der Waals surface area contributed by atoms with Crippen molar-refractivity contribution in [2.45, 2.75) is 0 Å². The van der Waals surface area contributed by atoms with E-state index in [2.05, 4.69) is 0 Å². The molecule has 8 heteroatoms. The van der Waals surface area contributed by atoms with Gasteiger partial charge in [-0.2, -0.15) is 0 Å². The zero-order valence-corrected chi connectivity index (χ0v) is 8.33. The van der Waals surface area contributed by atoms with Gasteiger partial charge in [0.15, 0.2) is 0 Å². The Labute approximate surface area is 76.8 Å². The largest absolute Gasteiger partial charge is 0.759 e. The summed E-state index contributed by atoms with van der Waals surface area (Å²) in [6, 6.07) is 0. The number of aliphatic carboxylic acids is 1. The first-order valence-corrected chi connectivity index (χ1v) is 4.42. The molecule has 0 bridgehead atoms. The van der Waals surface area contributed by atoms with Gasteiger partial charge in [0.1, 0.15) is 6.54 Å². The lowest BCUT2D eigenvalue weighted by Gasteiger charge is -2.23. The number of likely N-dealkylation sites (N-methyl/N-ethyl adjacent to an activating group) is 1. The van der Waals surface area contributed by atoms with Gasteiger partial charge in [-0.05, 0) is 0 Å². The number of hydrogen-bond acceptors (Lipinski definition) is 6.